The molecule has 0 aliphatic carbocycles. The first-order chi connectivity index (χ1) is 8.58. The lowest BCUT2D eigenvalue weighted by Crippen LogP contribution is -2.26. The van der Waals surface area contributed by atoms with Gasteiger partial charge in [-0.25, -0.2) is 4.98 Å². The van der Waals surface area contributed by atoms with E-state index in [1.54, 1.807) is 13.3 Å². The Bertz CT molecular complexity index is 560. The number of amides is 1. The monoisotopic (exact) mass is 266 g/mol. The van der Waals surface area contributed by atoms with Crippen LogP contribution in [0.25, 0.3) is 0 Å². The standard InChI is InChI=1S/C10H14N6OS/c1-6-8(18-10(11)14-6)9(17)12-4-3-7-15-13-5-16(7)2/h5H,3-4H2,1-2H3,(H2,11,14)(H,12,17). The van der Waals surface area contributed by atoms with Crippen LogP contribution in [0.5, 0.6) is 0 Å². The number of rotatable bonds is 4. The molecule has 0 saturated carbocycles. The minimum absolute atomic E-state index is 0.149. The first-order valence-electron chi connectivity index (χ1n) is 5.42. The summed E-state index contributed by atoms with van der Waals surface area (Å²) < 4.78 is 1.82. The van der Waals surface area contributed by atoms with E-state index < -0.39 is 0 Å². The highest BCUT2D eigenvalue weighted by Crippen LogP contribution is 2.19. The zero-order chi connectivity index (χ0) is 13.1. The highest BCUT2D eigenvalue weighted by Gasteiger charge is 2.13. The maximum atomic E-state index is 11.9. The van der Waals surface area contributed by atoms with Gasteiger partial charge in [0, 0.05) is 20.0 Å². The summed E-state index contributed by atoms with van der Waals surface area (Å²) in [4.78, 5) is 16.4. The van der Waals surface area contributed by atoms with Crippen LogP contribution in [0, 0.1) is 6.92 Å². The molecule has 2 heterocycles. The molecule has 0 radical (unpaired) electrons. The number of nitrogens with one attached hydrogen (secondary N) is 1. The lowest BCUT2D eigenvalue weighted by atomic mass is 10.3. The van der Waals surface area contributed by atoms with Crippen molar-refractivity contribution in [3.63, 3.8) is 0 Å². The predicted octanol–water partition coefficient (Wildman–Crippen LogP) is 0.135. The SMILES string of the molecule is Cc1nc(N)sc1C(=O)NCCc1nncn1C. The summed E-state index contributed by atoms with van der Waals surface area (Å²) in [5, 5.41) is 10.9. The molecule has 0 fully saturated rings. The number of aromatic nitrogens is 4. The van der Waals surface area contributed by atoms with Crippen LogP contribution < -0.4 is 11.1 Å². The van der Waals surface area contributed by atoms with Gasteiger partial charge in [0.25, 0.3) is 5.91 Å². The fraction of sp³-hybridized carbons (Fsp3) is 0.400. The van der Waals surface area contributed by atoms with Gasteiger partial charge in [-0.3, -0.25) is 4.79 Å². The molecule has 2 aromatic rings. The quantitative estimate of drug-likeness (QED) is 0.819. The van der Waals surface area contributed by atoms with E-state index in [4.69, 9.17) is 5.73 Å². The van der Waals surface area contributed by atoms with Gasteiger partial charge in [0.2, 0.25) is 0 Å². The van der Waals surface area contributed by atoms with Gasteiger partial charge in [-0.2, -0.15) is 0 Å². The van der Waals surface area contributed by atoms with Crippen molar-refractivity contribution in [2.24, 2.45) is 7.05 Å². The first-order valence-corrected chi connectivity index (χ1v) is 6.23. The van der Waals surface area contributed by atoms with Crippen LogP contribution in [-0.2, 0) is 13.5 Å². The largest absolute Gasteiger partial charge is 0.375 e. The number of aryl methyl sites for hydroxylation is 2. The Hall–Kier alpha value is -1.96. The third-order valence-corrected chi connectivity index (χ3v) is 3.44. The fourth-order valence-corrected chi connectivity index (χ4v) is 2.28. The lowest BCUT2D eigenvalue weighted by molar-refractivity contribution is 0.0957. The van der Waals surface area contributed by atoms with Crippen LogP contribution in [0.1, 0.15) is 21.2 Å². The number of hydrogen-bond donors (Lipinski definition) is 2. The minimum Gasteiger partial charge on any atom is -0.375 e. The molecule has 1 amide bonds. The third-order valence-electron chi connectivity index (χ3n) is 2.46. The highest BCUT2D eigenvalue weighted by atomic mass is 32.1. The summed E-state index contributed by atoms with van der Waals surface area (Å²) in [6.45, 7) is 2.27. The molecule has 96 valence electrons. The second-order valence-corrected chi connectivity index (χ2v) is 4.86. The van der Waals surface area contributed by atoms with Gasteiger partial charge in [0.05, 0.1) is 5.69 Å². The van der Waals surface area contributed by atoms with E-state index >= 15 is 0 Å². The zero-order valence-corrected chi connectivity index (χ0v) is 11.0. The summed E-state index contributed by atoms with van der Waals surface area (Å²) in [5.74, 6) is 0.680. The van der Waals surface area contributed by atoms with E-state index in [0.717, 1.165) is 5.82 Å². The maximum Gasteiger partial charge on any atom is 0.263 e. The molecule has 0 aliphatic rings. The molecular formula is C10H14N6OS. The molecule has 2 rings (SSSR count). The minimum atomic E-state index is -0.149. The number of carbonyl (C=O) groups is 1. The van der Waals surface area contributed by atoms with Gasteiger partial charge < -0.3 is 15.6 Å². The smallest absolute Gasteiger partial charge is 0.263 e. The normalized spacial score (nSPS) is 10.6. The average molecular weight is 266 g/mol. The van der Waals surface area contributed by atoms with Crippen LogP contribution in [0.15, 0.2) is 6.33 Å². The molecule has 0 atom stereocenters. The summed E-state index contributed by atoms with van der Waals surface area (Å²) in [6, 6.07) is 0. The zero-order valence-electron chi connectivity index (χ0n) is 10.2. The lowest BCUT2D eigenvalue weighted by Gasteiger charge is -2.03. The summed E-state index contributed by atoms with van der Waals surface area (Å²) >= 11 is 1.19. The third kappa shape index (κ3) is 2.65. The molecule has 0 saturated heterocycles. The molecule has 2 aromatic heterocycles. The van der Waals surface area contributed by atoms with Crippen molar-refractivity contribution in [2.45, 2.75) is 13.3 Å². The molecule has 7 nitrogen and oxygen atoms in total. The van der Waals surface area contributed by atoms with Crippen molar-refractivity contribution >= 4 is 22.4 Å². The van der Waals surface area contributed by atoms with E-state index in [2.05, 4.69) is 20.5 Å². The number of carbonyl (C=O) groups excluding carboxylic acids is 1. The molecule has 18 heavy (non-hydrogen) atoms. The van der Waals surface area contributed by atoms with Gasteiger partial charge >= 0.3 is 0 Å². The molecule has 8 heteroatoms. The second kappa shape index (κ2) is 5.13. The van der Waals surface area contributed by atoms with Crippen molar-refractivity contribution in [3.8, 4) is 0 Å². The van der Waals surface area contributed by atoms with E-state index in [0.29, 0.717) is 28.7 Å². The van der Waals surface area contributed by atoms with Crippen molar-refractivity contribution in [3.05, 3.63) is 22.7 Å². The molecule has 0 unspecified atom stereocenters. The van der Waals surface area contributed by atoms with Crippen LogP contribution in [0.3, 0.4) is 0 Å². The van der Waals surface area contributed by atoms with E-state index in [1.165, 1.54) is 11.3 Å². The van der Waals surface area contributed by atoms with Crippen molar-refractivity contribution in [2.75, 3.05) is 12.3 Å². The van der Waals surface area contributed by atoms with Gasteiger partial charge in [-0.05, 0) is 6.92 Å². The fourth-order valence-electron chi connectivity index (χ4n) is 1.53. The number of thiazole rings is 1. The van der Waals surface area contributed by atoms with Crippen LogP contribution in [0.2, 0.25) is 0 Å². The van der Waals surface area contributed by atoms with E-state index in [9.17, 15) is 4.79 Å². The van der Waals surface area contributed by atoms with E-state index in [-0.39, 0.29) is 5.91 Å². The van der Waals surface area contributed by atoms with Gasteiger partial charge in [0.15, 0.2) is 5.13 Å². The Kier molecular flexibility index (Phi) is 3.56. The van der Waals surface area contributed by atoms with Crippen LogP contribution in [-0.4, -0.2) is 32.2 Å². The summed E-state index contributed by atoms with van der Waals surface area (Å²) in [7, 11) is 1.87. The van der Waals surface area contributed by atoms with Gasteiger partial charge in [-0.1, -0.05) is 11.3 Å². The second-order valence-electron chi connectivity index (χ2n) is 3.83. The van der Waals surface area contributed by atoms with Crippen LogP contribution >= 0.6 is 11.3 Å². The molecular weight excluding hydrogens is 252 g/mol. The van der Waals surface area contributed by atoms with Crippen LogP contribution in [0.4, 0.5) is 5.13 Å². The van der Waals surface area contributed by atoms with Crippen molar-refractivity contribution < 1.29 is 4.79 Å². The number of nitrogen functional groups attached to an aromatic ring is 1. The first kappa shape index (κ1) is 12.5. The Balaban J connectivity index is 1.89. The highest BCUT2D eigenvalue weighted by molar-refractivity contribution is 7.17. The summed E-state index contributed by atoms with van der Waals surface area (Å²) in [5.41, 5.74) is 6.21. The molecule has 0 aliphatic heterocycles. The number of nitrogens with zero attached hydrogens (tertiary/aromatic N) is 4. The number of hydrogen-bond acceptors (Lipinski definition) is 6. The Morgan fingerprint density at radius 2 is 2.39 bits per heavy atom. The Morgan fingerprint density at radius 1 is 1.61 bits per heavy atom. The molecule has 0 spiro atoms. The number of nitrogens with two attached hydrogens (primary N) is 1. The molecule has 0 bridgehead atoms. The molecule has 3 N–H and O–H groups in total. The number of anilines is 1. The van der Waals surface area contributed by atoms with Crippen molar-refractivity contribution in [1.82, 2.24) is 25.1 Å². The molecule has 0 aromatic carbocycles. The topological polar surface area (TPSA) is 98.7 Å². The van der Waals surface area contributed by atoms with Gasteiger partial charge in [-0.15, -0.1) is 10.2 Å². The Labute approximate surface area is 108 Å². The average Bonchev–Trinajstić information content (AvgIpc) is 2.85. The van der Waals surface area contributed by atoms with Crippen molar-refractivity contribution in [1.29, 1.82) is 0 Å². The van der Waals surface area contributed by atoms with E-state index in [1.807, 2.05) is 11.6 Å². The maximum absolute atomic E-state index is 11.9. The predicted molar refractivity (Wildman–Crippen MR) is 68.3 cm³/mol. The Morgan fingerprint density at radius 3 is 2.94 bits per heavy atom. The van der Waals surface area contributed by atoms with Gasteiger partial charge in [0.1, 0.15) is 17.0 Å². The summed E-state index contributed by atoms with van der Waals surface area (Å²) in [6.07, 6.45) is 2.26.